The second-order valence-electron chi connectivity index (χ2n) is 8.21. The minimum absolute atomic E-state index is 0. The zero-order valence-corrected chi connectivity index (χ0v) is 16.2. The lowest BCUT2D eigenvalue weighted by Gasteiger charge is -2.45. The highest BCUT2D eigenvalue weighted by Gasteiger charge is 2.37. The Hall–Kier alpha value is -0.730. The Morgan fingerprint density at radius 2 is 2.00 bits per heavy atom. The third-order valence-electron chi connectivity index (χ3n) is 6.63. The second-order valence-corrected chi connectivity index (χ2v) is 8.21. The first-order valence-corrected chi connectivity index (χ1v) is 9.60. The van der Waals surface area contributed by atoms with Gasteiger partial charge in [-0.1, -0.05) is 51.7 Å². The summed E-state index contributed by atoms with van der Waals surface area (Å²) < 4.78 is 0. The van der Waals surface area contributed by atoms with Gasteiger partial charge in [0.15, 0.2) is 0 Å². The number of piperidine rings is 1. The zero-order valence-electron chi connectivity index (χ0n) is 15.3. The van der Waals surface area contributed by atoms with Crippen LogP contribution in [0, 0.1) is 11.8 Å². The quantitative estimate of drug-likeness (QED) is 0.769. The van der Waals surface area contributed by atoms with E-state index in [4.69, 9.17) is 0 Å². The highest BCUT2D eigenvalue weighted by molar-refractivity contribution is 5.85. The smallest absolute Gasteiger partial charge is 0.115 e. The van der Waals surface area contributed by atoms with Crippen molar-refractivity contribution in [3.05, 3.63) is 29.8 Å². The van der Waals surface area contributed by atoms with Gasteiger partial charge in [-0.2, -0.15) is 0 Å². The van der Waals surface area contributed by atoms with Gasteiger partial charge >= 0.3 is 0 Å². The number of phenolic OH excluding ortho intramolecular Hbond substituents is 1. The maximum Gasteiger partial charge on any atom is 0.115 e. The van der Waals surface area contributed by atoms with Crippen LogP contribution in [-0.2, 0) is 5.41 Å². The van der Waals surface area contributed by atoms with Crippen molar-refractivity contribution in [1.82, 2.24) is 4.90 Å². The molecule has 1 heterocycles. The van der Waals surface area contributed by atoms with Crippen molar-refractivity contribution >= 4 is 12.4 Å². The van der Waals surface area contributed by atoms with Gasteiger partial charge in [0.05, 0.1) is 0 Å². The Morgan fingerprint density at radius 1 is 1.25 bits per heavy atom. The van der Waals surface area contributed by atoms with E-state index < -0.39 is 0 Å². The van der Waals surface area contributed by atoms with Gasteiger partial charge in [0, 0.05) is 6.54 Å². The molecule has 136 valence electrons. The molecule has 1 aromatic carbocycles. The normalized spacial score (nSPS) is 28.7. The summed E-state index contributed by atoms with van der Waals surface area (Å²) in [4.78, 5) is 2.67. The second kappa shape index (κ2) is 8.58. The Labute approximate surface area is 154 Å². The number of aromatic hydroxyl groups is 1. The molecule has 0 spiro atoms. The molecule has 2 aliphatic rings. The summed E-state index contributed by atoms with van der Waals surface area (Å²) in [5, 5.41) is 9.81. The van der Waals surface area contributed by atoms with Gasteiger partial charge in [0.1, 0.15) is 5.75 Å². The Balaban J connectivity index is 0.00000208. The predicted molar refractivity (Wildman–Crippen MR) is 104 cm³/mol. The van der Waals surface area contributed by atoms with E-state index in [1.54, 1.807) is 6.07 Å². The number of hydrogen-bond donors (Lipinski definition) is 1. The summed E-state index contributed by atoms with van der Waals surface area (Å²) >= 11 is 0. The Morgan fingerprint density at radius 3 is 2.67 bits per heavy atom. The maximum absolute atomic E-state index is 9.81. The van der Waals surface area contributed by atoms with Crippen LogP contribution in [0.3, 0.4) is 0 Å². The molecule has 0 radical (unpaired) electrons. The van der Waals surface area contributed by atoms with Crippen molar-refractivity contribution in [1.29, 1.82) is 0 Å². The van der Waals surface area contributed by atoms with E-state index in [1.807, 2.05) is 12.1 Å². The van der Waals surface area contributed by atoms with Gasteiger partial charge in [-0.05, 0) is 67.3 Å². The summed E-state index contributed by atoms with van der Waals surface area (Å²) in [7, 11) is 0. The standard InChI is InChI=1S/C21H33NO.ClH/c1-17-16-22(13-6-9-18-7-3-4-8-18)14-12-21(17,2)19-10-5-11-20(23)15-19;/h5,10-11,15,17-18,23H,3-4,6-9,12-14,16H2,1-2H3;1H. The van der Waals surface area contributed by atoms with Crippen LogP contribution in [0.15, 0.2) is 24.3 Å². The number of nitrogens with zero attached hydrogens (tertiary/aromatic N) is 1. The van der Waals surface area contributed by atoms with Crippen LogP contribution in [0.5, 0.6) is 5.75 Å². The molecule has 2 nitrogen and oxygen atoms in total. The molecular formula is C21H34ClNO. The summed E-state index contributed by atoms with van der Waals surface area (Å²) in [6.45, 7) is 8.42. The number of rotatable bonds is 5. The molecule has 0 bridgehead atoms. The van der Waals surface area contributed by atoms with Crippen molar-refractivity contribution in [2.45, 2.75) is 64.2 Å². The van der Waals surface area contributed by atoms with E-state index in [2.05, 4.69) is 24.8 Å². The van der Waals surface area contributed by atoms with Gasteiger partial charge in [0.2, 0.25) is 0 Å². The minimum atomic E-state index is 0. The molecule has 2 unspecified atom stereocenters. The molecule has 2 fully saturated rings. The molecule has 1 saturated heterocycles. The summed E-state index contributed by atoms with van der Waals surface area (Å²) in [6.07, 6.45) is 9.90. The fourth-order valence-electron chi connectivity index (χ4n) is 4.71. The third-order valence-corrected chi connectivity index (χ3v) is 6.63. The van der Waals surface area contributed by atoms with Crippen molar-refractivity contribution in [2.24, 2.45) is 11.8 Å². The number of hydrogen-bond acceptors (Lipinski definition) is 2. The average Bonchev–Trinajstić information content (AvgIpc) is 3.04. The molecule has 1 saturated carbocycles. The summed E-state index contributed by atoms with van der Waals surface area (Å²) in [6, 6.07) is 7.91. The maximum atomic E-state index is 9.81. The first-order valence-electron chi connectivity index (χ1n) is 9.60. The lowest BCUT2D eigenvalue weighted by molar-refractivity contribution is 0.108. The average molecular weight is 352 g/mol. The van der Waals surface area contributed by atoms with E-state index in [1.165, 1.54) is 70.1 Å². The summed E-state index contributed by atoms with van der Waals surface area (Å²) in [5.74, 6) is 2.05. The number of likely N-dealkylation sites (tertiary alicyclic amines) is 1. The third kappa shape index (κ3) is 4.46. The lowest BCUT2D eigenvalue weighted by atomic mass is 9.68. The first kappa shape index (κ1) is 19.6. The van der Waals surface area contributed by atoms with Gasteiger partial charge in [-0.3, -0.25) is 0 Å². The lowest BCUT2D eigenvalue weighted by Crippen LogP contribution is -2.47. The zero-order chi connectivity index (χ0) is 16.3. The molecule has 3 rings (SSSR count). The molecule has 0 amide bonds. The van der Waals surface area contributed by atoms with Gasteiger partial charge in [-0.25, -0.2) is 0 Å². The molecule has 1 N–H and O–H groups in total. The van der Waals surface area contributed by atoms with Gasteiger partial charge < -0.3 is 10.0 Å². The Kier molecular flexibility index (Phi) is 7.00. The van der Waals surface area contributed by atoms with Crippen LogP contribution >= 0.6 is 12.4 Å². The van der Waals surface area contributed by atoms with E-state index in [9.17, 15) is 5.11 Å². The molecule has 3 heteroatoms. The van der Waals surface area contributed by atoms with E-state index in [-0.39, 0.29) is 17.8 Å². The monoisotopic (exact) mass is 351 g/mol. The van der Waals surface area contributed by atoms with Crippen LogP contribution < -0.4 is 0 Å². The number of halogens is 1. The van der Waals surface area contributed by atoms with Crippen LogP contribution in [0.4, 0.5) is 0 Å². The van der Waals surface area contributed by atoms with E-state index in [0.29, 0.717) is 11.7 Å². The van der Waals surface area contributed by atoms with E-state index >= 15 is 0 Å². The molecule has 1 aliphatic carbocycles. The molecule has 24 heavy (non-hydrogen) atoms. The highest BCUT2D eigenvalue weighted by Crippen LogP contribution is 2.40. The molecule has 1 aliphatic heterocycles. The van der Waals surface area contributed by atoms with Gasteiger partial charge in [0.25, 0.3) is 0 Å². The SMILES string of the molecule is CC1CN(CCCC2CCCC2)CCC1(C)c1cccc(O)c1.Cl. The minimum Gasteiger partial charge on any atom is -0.508 e. The van der Waals surface area contributed by atoms with Crippen LogP contribution in [0.25, 0.3) is 0 Å². The largest absolute Gasteiger partial charge is 0.508 e. The van der Waals surface area contributed by atoms with Crippen molar-refractivity contribution in [3.63, 3.8) is 0 Å². The molecular weight excluding hydrogens is 318 g/mol. The highest BCUT2D eigenvalue weighted by atomic mass is 35.5. The van der Waals surface area contributed by atoms with Crippen LogP contribution in [-0.4, -0.2) is 29.6 Å². The summed E-state index contributed by atoms with van der Waals surface area (Å²) in [5.41, 5.74) is 1.50. The van der Waals surface area contributed by atoms with Crippen LogP contribution in [0.2, 0.25) is 0 Å². The first-order chi connectivity index (χ1) is 11.1. The predicted octanol–water partition coefficient (Wildman–Crippen LogP) is 5.38. The van der Waals surface area contributed by atoms with Crippen molar-refractivity contribution in [2.75, 3.05) is 19.6 Å². The van der Waals surface area contributed by atoms with Gasteiger partial charge in [-0.15, -0.1) is 12.4 Å². The van der Waals surface area contributed by atoms with E-state index in [0.717, 1.165) is 5.92 Å². The van der Waals surface area contributed by atoms with Crippen molar-refractivity contribution < 1.29 is 5.11 Å². The Bertz CT molecular complexity index is 514. The molecule has 1 aromatic rings. The topological polar surface area (TPSA) is 23.5 Å². The fraction of sp³-hybridized carbons (Fsp3) is 0.714. The van der Waals surface area contributed by atoms with Crippen LogP contribution in [0.1, 0.15) is 64.4 Å². The number of benzene rings is 1. The molecule has 2 atom stereocenters. The molecule has 0 aromatic heterocycles. The number of phenols is 1. The fourth-order valence-corrected chi connectivity index (χ4v) is 4.71. The van der Waals surface area contributed by atoms with Crippen molar-refractivity contribution in [3.8, 4) is 5.75 Å².